The molecular formula is C17H19Cl2N. The zero-order valence-electron chi connectivity index (χ0n) is 12.0. The molecular weight excluding hydrogens is 289 g/mol. The Kier molecular flexibility index (Phi) is 5.09. The highest BCUT2D eigenvalue weighted by molar-refractivity contribution is 6.34. The van der Waals surface area contributed by atoms with Gasteiger partial charge >= 0.3 is 0 Å². The number of hydrogen-bond donors (Lipinski definition) is 1. The molecule has 2 aromatic carbocycles. The van der Waals surface area contributed by atoms with Crippen molar-refractivity contribution in [2.75, 3.05) is 7.05 Å². The van der Waals surface area contributed by atoms with Crippen molar-refractivity contribution in [3.8, 4) is 0 Å². The Balaban J connectivity index is 2.30. The molecule has 0 bridgehead atoms. The highest BCUT2D eigenvalue weighted by Crippen LogP contribution is 2.26. The lowest BCUT2D eigenvalue weighted by molar-refractivity contribution is 0.590. The van der Waals surface area contributed by atoms with E-state index in [4.69, 9.17) is 23.2 Å². The van der Waals surface area contributed by atoms with Gasteiger partial charge in [0.1, 0.15) is 0 Å². The summed E-state index contributed by atoms with van der Waals surface area (Å²) < 4.78 is 0. The van der Waals surface area contributed by atoms with Gasteiger partial charge in [0, 0.05) is 16.1 Å². The summed E-state index contributed by atoms with van der Waals surface area (Å²) >= 11 is 12.2. The number of likely N-dealkylation sites (N-methyl/N-ethyl adjacent to an activating group) is 1. The van der Waals surface area contributed by atoms with Crippen LogP contribution >= 0.6 is 23.2 Å². The topological polar surface area (TPSA) is 12.0 Å². The standard InChI is InChI=1S/C17H19Cl2N/c1-11-4-5-12(2)13(6-11)9-17(20-3)14-7-15(18)10-16(19)8-14/h4-8,10,17,20H,9H2,1-3H3. The Morgan fingerprint density at radius 3 is 2.25 bits per heavy atom. The van der Waals surface area contributed by atoms with Gasteiger partial charge in [-0.05, 0) is 62.2 Å². The van der Waals surface area contributed by atoms with Crippen LogP contribution in [0.5, 0.6) is 0 Å². The second-order valence-corrected chi connectivity index (χ2v) is 6.05. The van der Waals surface area contributed by atoms with E-state index >= 15 is 0 Å². The highest BCUT2D eigenvalue weighted by Gasteiger charge is 2.13. The number of benzene rings is 2. The molecule has 1 N–H and O–H groups in total. The molecule has 2 rings (SSSR count). The zero-order chi connectivity index (χ0) is 14.7. The molecule has 0 radical (unpaired) electrons. The zero-order valence-corrected chi connectivity index (χ0v) is 13.5. The minimum absolute atomic E-state index is 0.201. The van der Waals surface area contributed by atoms with Crippen molar-refractivity contribution < 1.29 is 0 Å². The smallest absolute Gasteiger partial charge is 0.0424 e. The van der Waals surface area contributed by atoms with E-state index in [9.17, 15) is 0 Å². The van der Waals surface area contributed by atoms with Gasteiger partial charge in [-0.15, -0.1) is 0 Å². The van der Waals surface area contributed by atoms with Gasteiger partial charge in [0.25, 0.3) is 0 Å². The number of aryl methyl sites for hydroxylation is 2. The molecule has 0 aliphatic carbocycles. The lowest BCUT2D eigenvalue weighted by Gasteiger charge is -2.19. The molecule has 0 saturated carbocycles. The Labute approximate surface area is 130 Å². The van der Waals surface area contributed by atoms with Crippen LogP contribution in [0.15, 0.2) is 36.4 Å². The monoisotopic (exact) mass is 307 g/mol. The van der Waals surface area contributed by atoms with Gasteiger partial charge in [-0.1, -0.05) is 47.0 Å². The largest absolute Gasteiger partial charge is 0.313 e. The first-order valence-electron chi connectivity index (χ1n) is 6.69. The van der Waals surface area contributed by atoms with E-state index in [1.807, 2.05) is 19.2 Å². The molecule has 0 spiro atoms. The number of halogens is 2. The fourth-order valence-corrected chi connectivity index (χ4v) is 2.95. The molecule has 1 unspecified atom stereocenters. The minimum Gasteiger partial charge on any atom is -0.313 e. The fourth-order valence-electron chi connectivity index (χ4n) is 2.40. The first-order chi connectivity index (χ1) is 9.49. The van der Waals surface area contributed by atoms with E-state index in [-0.39, 0.29) is 6.04 Å². The Bertz CT molecular complexity index is 588. The molecule has 0 heterocycles. The Morgan fingerprint density at radius 2 is 1.65 bits per heavy atom. The van der Waals surface area contributed by atoms with Gasteiger partial charge in [0.05, 0.1) is 0 Å². The molecule has 0 amide bonds. The van der Waals surface area contributed by atoms with Crippen LogP contribution in [0.1, 0.15) is 28.3 Å². The normalized spacial score (nSPS) is 12.4. The SMILES string of the molecule is CNC(Cc1cc(C)ccc1C)c1cc(Cl)cc(Cl)c1. The van der Waals surface area contributed by atoms with Crippen LogP contribution in [-0.2, 0) is 6.42 Å². The third kappa shape index (κ3) is 3.76. The summed E-state index contributed by atoms with van der Waals surface area (Å²) in [4.78, 5) is 0. The van der Waals surface area contributed by atoms with E-state index in [1.165, 1.54) is 16.7 Å². The molecule has 0 fully saturated rings. The van der Waals surface area contributed by atoms with Crippen molar-refractivity contribution in [2.24, 2.45) is 0 Å². The van der Waals surface area contributed by atoms with Crippen molar-refractivity contribution in [1.29, 1.82) is 0 Å². The first kappa shape index (κ1) is 15.4. The van der Waals surface area contributed by atoms with Gasteiger partial charge < -0.3 is 5.32 Å². The lowest BCUT2D eigenvalue weighted by atomic mass is 9.95. The Hall–Kier alpha value is -1.02. The molecule has 20 heavy (non-hydrogen) atoms. The molecule has 0 aliphatic heterocycles. The summed E-state index contributed by atoms with van der Waals surface area (Å²) in [6, 6.07) is 12.5. The molecule has 3 heteroatoms. The van der Waals surface area contributed by atoms with Crippen LogP contribution < -0.4 is 5.32 Å². The van der Waals surface area contributed by atoms with Crippen LogP contribution in [0.4, 0.5) is 0 Å². The summed E-state index contributed by atoms with van der Waals surface area (Å²) in [7, 11) is 1.96. The van der Waals surface area contributed by atoms with E-state index in [0.29, 0.717) is 10.0 Å². The van der Waals surface area contributed by atoms with Crippen molar-refractivity contribution in [3.63, 3.8) is 0 Å². The second-order valence-electron chi connectivity index (χ2n) is 5.18. The average Bonchev–Trinajstić information content (AvgIpc) is 2.38. The van der Waals surface area contributed by atoms with Gasteiger partial charge in [-0.25, -0.2) is 0 Å². The van der Waals surface area contributed by atoms with E-state index in [0.717, 1.165) is 12.0 Å². The molecule has 0 aliphatic rings. The van der Waals surface area contributed by atoms with Crippen LogP contribution in [0.3, 0.4) is 0 Å². The van der Waals surface area contributed by atoms with Gasteiger partial charge in [-0.3, -0.25) is 0 Å². The quantitative estimate of drug-likeness (QED) is 0.827. The first-order valence-corrected chi connectivity index (χ1v) is 7.44. The average molecular weight is 308 g/mol. The van der Waals surface area contributed by atoms with Crippen LogP contribution in [-0.4, -0.2) is 7.05 Å². The third-order valence-corrected chi connectivity index (χ3v) is 4.00. The maximum Gasteiger partial charge on any atom is 0.0424 e. The van der Waals surface area contributed by atoms with E-state index < -0.39 is 0 Å². The lowest BCUT2D eigenvalue weighted by Crippen LogP contribution is -2.19. The number of rotatable bonds is 4. The van der Waals surface area contributed by atoms with Crippen LogP contribution in [0, 0.1) is 13.8 Å². The van der Waals surface area contributed by atoms with Gasteiger partial charge in [0.2, 0.25) is 0 Å². The van der Waals surface area contributed by atoms with Crippen LogP contribution in [0.2, 0.25) is 10.0 Å². The van der Waals surface area contributed by atoms with Crippen molar-refractivity contribution in [3.05, 3.63) is 68.7 Å². The van der Waals surface area contributed by atoms with Crippen molar-refractivity contribution in [2.45, 2.75) is 26.3 Å². The number of hydrogen-bond acceptors (Lipinski definition) is 1. The molecule has 0 aromatic heterocycles. The molecule has 106 valence electrons. The third-order valence-electron chi connectivity index (χ3n) is 3.56. The predicted octanol–water partition coefficient (Wildman–Crippen LogP) is 5.11. The summed E-state index contributed by atoms with van der Waals surface area (Å²) in [6.45, 7) is 4.26. The Morgan fingerprint density at radius 1 is 1.00 bits per heavy atom. The molecule has 2 aromatic rings. The summed E-state index contributed by atoms with van der Waals surface area (Å²) in [5.74, 6) is 0. The summed E-state index contributed by atoms with van der Waals surface area (Å²) in [6.07, 6.45) is 0.917. The van der Waals surface area contributed by atoms with Crippen LogP contribution in [0.25, 0.3) is 0 Å². The summed E-state index contributed by atoms with van der Waals surface area (Å²) in [5, 5.41) is 4.70. The second kappa shape index (κ2) is 6.62. The summed E-state index contributed by atoms with van der Waals surface area (Å²) in [5.41, 5.74) is 5.06. The number of nitrogens with one attached hydrogen (secondary N) is 1. The molecule has 0 saturated heterocycles. The van der Waals surface area contributed by atoms with Gasteiger partial charge in [0.15, 0.2) is 0 Å². The fraction of sp³-hybridized carbons (Fsp3) is 0.294. The van der Waals surface area contributed by atoms with Crippen molar-refractivity contribution >= 4 is 23.2 Å². The molecule has 1 nitrogen and oxygen atoms in total. The van der Waals surface area contributed by atoms with Crippen molar-refractivity contribution in [1.82, 2.24) is 5.32 Å². The maximum atomic E-state index is 6.10. The van der Waals surface area contributed by atoms with E-state index in [2.05, 4.69) is 37.4 Å². The van der Waals surface area contributed by atoms with Gasteiger partial charge in [-0.2, -0.15) is 0 Å². The maximum absolute atomic E-state index is 6.10. The predicted molar refractivity (Wildman–Crippen MR) is 87.9 cm³/mol. The highest BCUT2D eigenvalue weighted by atomic mass is 35.5. The molecule has 1 atom stereocenters. The van der Waals surface area contributed by atoms with E-state index in [1.54, 1.807) is 6.07 Å². The minimum atomic E-state index is 0.201.